The minimum atomic E-state index is -3.90. The maximum Gasteiger partial charge on any atom is 0.267 e. The van der Waals surface area contributed by atoms with E-state index in [1.807, 2.05) is 0 Å². The average Bonchev–Trinajstić information content (AvgIpc) is 2.78. The van der Waals surface area contributed by atoms with Crippen molar-refractivity contribution >= 4 is 32.4 Å². The Morgan fingerprint density at radius 3 is 2.72 bits per heavy atom. The zero-order valence-corrected chi connectivity index (χ0v) is 10.4. The Hall–Kier alpha value is -1.91. The van der Waals surface area contributed by atoms with E-state index in [4.69, 9.17) is 5.14 Å². The monoisotopic (exact) mass is 285 g/mol. The number of nitrogens with two attached hydrogens (primary N) is 1. The zero-order chi connectivity index (χ0) is 13.2. The number of anilines is 1. The number of aromatic nitrogens is 3. The number of sulfonamides is 1. The first-order valence-corrected chi connectivity index (χ1v) is 6.91. The van der Waals surface area contributed by atoms with Gasteiger partial charge in [0.2, 0.25) is 9.47 Å². The van der Waals surface area contributed by atoms with Crippen molar-refractivity contribution in [2.45, 2.75) is 4.34 Å². The average molecular weight is 285 g/mol. The molecule has 18 heavy (non-hydrogen) atoms. The van der Waals surface area contributed by atoms with Crippen LogP contribution in [0.15, 0.2) is 28.9 Å². The van der Waals surface area contributed by atoms with Crippen LogP contribution < -0.4 is 10.5 Å². The van der Waals surface area contributed by atoms with E-state index in [0.29, 0.717) is 16.9 Å². The van der Waals surface area contributed by atoms with E-state index < -0.39 is 15.9 Å². The van der Waals surface area contributed by atoms with Crippen LogP contribution in [0.3, 0.4) is 0 Å². The van der Waals surface area contributed by atoms with Gasteiger partial charge in [-0.25, -0.2) is 13.6 Å². The first-order valence-electron chi connectivity index (χ1n) is 4.54. The van der Waals surface area contributed by atoms with Crippen LogP contribution in [0.2, 0.25) is 0 Å². The molecular weight excluding hydrogens is 278 g/mol. The fraction of sp³-hybridized carbons (Fsp3) is 0. The Morgan fingerprint density at radius 2 is 2.17 bits per heavy atom. The van der Waals surface area contributed by atoms with Gasteiger partial charge in [0, 0.05) is 12.4 Å². The van der Waals surface area contributed by atoms with E-state index in [1.165, 1.54) is 12.4 Å². The second-order valence-electron chi connectivity index (χ2n) is 3.11. The van der Waals surface area contributed by atoms with Gasteiger partial charge >= 0.3 is 0 Å². The molecule has 0 atom stereocenters. The summed E-state index contributed by atoms with van der Waals surface area (Å²) in [6, 6.07) is 3.16. The van der Waals surface area contributed by atoms with Gasteiger partial charge in [-0.3, -0.25) is 15.1 Å². The van der Waals surface area contributed by atoms with Crippen molar-refractivity contribution in [3.05, 3.63) is 30.1 Å². The molecule has 0 saturated carbocycles. The Balaban J connectivity index is 2.16. The number of pyridine rings is 1. The van der Waals surface area contributed by atoms with E-state index >= 15 is 0 Å². The van der Waals surface area contributed by atoms with E-state index in [9.17, 15) is 13.2 Å². The van der Waals surface area contributed by atoms with Gasteiger partial charge < -0.3 is 0 Å². The molecule has 8 nitrogen and oxygen atoms in total. The van der Waals surface area contributed by atoms with Gasteiger partial charge in [0.1, 0.15) is 0 Å². The molecule has 3 N–H and O–H groups in total. The molecule has 2 rings (SSSR count). The molecule has 0 radical (unpaired) electrons. The van der Waals surface area contributed by atoms with Crippen LogP contribution in [0.1, 0.15) is 10.4 Å². The molecule has 2 aromatic heterocycles. The van der Waals surface area contributed by atoms with E-state index in [0.717, 1.165) is 0 Å². The van der Waals surface area contributed by atoms with Crippen LogP contribution in [-0.2, 0) is 10.0 Å². The standard InChI is InChI=1S/C8H7N5O3S2/c9-18(15,16)8-13-12-7(17-8)11-6(14)5-2-1-3-10-4-5/h1-4H,(H2,9,15,16)(H,11,12,14). The summed E-state index contributed by atoms with van der Waals surface area (Å²) < 4.78 is 21.6. The lowest BCUT2D eigenvalue weighted by Gasteiger charge is -1.98. The lowest BCUT2D eigenvalue weighted by atomic mass is 10.3. The summed E-state index contributed by atoms with van der Waals surface area (Å²) >= 11 is 0.675. The number of primary sulfonamides is 1. The zero-order valence-electron chi connectivity index (χ0n) is 8.77. The summed E-state index contributed by atoms with van der Waals surface area (Å²) in [5.41, 5.74) is 0.324. The van der Waals surface area contributed by atoms with Crippen molar-refractivity contribution in [1.29, 1.82) is 0 Å². The van der Waals surface area contributed by atoms with Crippen molar-refractivity contribution in [3.63, 3.8) is 0 Å². The fourth-order valence-corrected chi connectivity index (χ4v) is 2.37. The molecule has 0 unspecified atom stereocenters. The van der Waals surface area contributed by atoms with Crippen molar-refractivity contribution < 1.29 is 13.2 Å². The molecular formula is C8H7N5O3S2. The summed E-state index contributed by atoms with van der Waals surface area (Å²) in [4.78, 5) is 15.5. The van der Waals surface area contributed by atoms with Gasteiger partial charge in [0.25, 0.3) is 15.9 Å². The number of carbonyl (C=O) groups excluding carboxylic acids is 1. The second kappa shape index (κ2) is 4.76. The first kappa shape index (κ1) is 12.5. The second-order valence-corrected chi connectivity index (χ2v) is 5.83. The lowest BCUT2D eigenvalue weighted by molar-refractivity contribution is 0.102. The minimum absolute atomic E-state index is 0.0490. The minimum Gasteiger partial charge on any atom is -0.296 e. The predicted octanol–water partition coefficient (Wildman–Crippen LogP) is -0.167. The van der Waals surface area contributed by atoms with Crippen LogP contribution in [0.25, 0.3) is 0 Å². The molecule has 0 aliphatic heterocycles. The van der Waals surface area contributed by atoms with Gasteiger partial charge in [0.05, 0.1) is 5.56 Å². The number of hydrogen-bond acceptors (Lipinski definition) is 7. The molecule has 2 aromatic rings. The Morgan fingerprint density at radius 1 is 1.39 bits per heavy atom. The van der Waals surface area contributed by atoms with Gasteiger partial charge in [-0.2, -0.15) is 0 Å². The van der Waals surface area contributed by atoms with Gasteiger partial charge in [-0.05, 0) is 12.1 Å². The Labute approximate surface area is 106 Å². The molecule has 0 aliphatic rings. The van der Waals surface area contributed by atoms with Crippen molar-refractivity contribution in [3.8, 4) is 0 Å². The molecule has 10 heteroatoms. The summed E-state index contributed by atoms with van der Waals surface area (Å²) in [7, 11) is -3.90. The summed E-state index contributed by atoms with van der Waals surface area (Å²) in [6.07, 6.45) is 2.90. The van der Waals surface area contributed by atoms with Crippen LogP contribution in [0.4, 0.5) is 5.13 Å². The van der Waals surface area contributed by atoms with Crippen molar-refractivity contribution in [2.24, 2.45) is 5.14 Å². The predicted molar refractivity (Wildman–Crippen MR) is 63.5 cm³/mol. The van der Waals surface area contributed by atoms with Crippen LogP contribution in [0, 0.1) is 0 Å². The SMILES string of the molecule is NS(=O)(=O)c1nnc(NC(=O)c2cccnc2)s1. The van der Waals surface area contributed by atoms with Gasteiger partial charge in [-0.1, -0.05) is 11.3 Å². The van der Waals surface area contributed by atoms with Crippen LogP contribution in [0.5, 0.6) is 0 Å². The van der Waals surface area contributed by atoms with Gasteiger partial charge in [-0.15, -0.1) is 10.2 Å². The molecule has 0 fully saturated rings. The third kappa shape index (κ3) is 2.85. The maximum atomic E-state index is 11.7. The van der Waals surface area contributed by atoms with Crippen molar-refractivity contribution in [1.82, 2.24) is 15.2 Å². The highest BCUT2D eigenvalue weighted by Gasteiger charge is 2.16. The number of rotatable bonds is 3. The smallest absolute Gasteiger partial charge is 0.267 e. The largest absolute Gasteiger partial charge is 0.296 e. The fourth-order valence-electron chi connectivity index (χ4n) is 1.04. The number of amides is 1. The molecule has 94 valence electrons. The van der Waals surface area contributed by atoms with Gasteiger partial charge in [0.15, 0.2) is 0 Å². The highest BCUT2D eigenvalue weighted by Crippen LogP contribution is 2.18. The molecule has 0 aliphatic carbocycles. The molecule has 1 amide bonds. The Bertz CT molecular complexity index is 667. The number of carbonyl (C=O) groups is 1. The summed E-state index contributed by atoms with van der Waals surface area (Å²) in [5, 5.41) is 14.2. The Kier molecular flexibility index (Phi) is 3.32. The topological polar surface area (TPSA) is 128 Å². The maximum absolute atomic E-state index is 11.7. The van der Waals surface area contributed by atoms with Crippen LogP contribution in [-0.4, -0.2) is 29.5 Å². The third-order valence-electron chi connectivity index (χ3n) is 1.79. The molecule has 0 aromatic carbocycles. The lowest BCUT2D eigenvalue weighted by Crippen LogP contribution is -2.11. The number of nitrogens with one attached hydrogen (secondary N) is 1. The third-order valence-corrected chi connectivity index (χ3v) is 3.94. The van der Waals surface area contributed by atoms with Crippen molar-refractivity contribution in [2.75, 3.05) is 5.32 Å². The summed E-state index contributed by atoms with van der Waals surface area (Å²) in [5.74, 6) is -0.458. The molecule has 0 saturated heterocycles. The highest BCUT2D eigenvalue weighted by atomic mass is 32.2. The molecule has 0 bridgehead atoms. The van der Waals surface area contributed by atoms with E-state index in [-0.39, 0.29) is 9.47 Å². The summed E-state index contributed by atoms with van der Waals surface area (Å²) in [6.45, 7) is 0. The number of nitrogens with zero attached hydrogens (tertiary/aromatic N) is 3. The quantitative estimate of drug-likeness (QED) is 0.754. The first-order chi connectivity index (χ1) is 8.47. The molecule has 2 heterocycles. The normalized spacial score (nSPS) is 11.2. The molecule has 0 spiro atoms. The van der Waals surface area contributed by atoms with Crippen LogP contribution >= 0.6 is 11.3 Å². The van der Waals surface area contributed by atoms with E-state index in [1.54, 1.807) is 12.1 Å². The van der Waals surface area contributed by atoms with E-state index in [2.05, 4.69) is 20.5 Å². The number of hydrogen-bond donors (Lipinski definition) is 2. The highest BCUT2D eigenvalue weighted by molar-refractivity contribution is 7.91.